The minimum absolute atomic E-state index is 0.561. The van der Waals surface area contributed by atoms with Gasteiger partial charge in [0, 0.05) is 18.1 Å². The van der Waals surface area contributed by atoms with E-state index in [0.29, 0.717) is 5.41 Å². The number of anilines is 1. The zero-order chi connectivity index (χ0) is 9.86. The molecule has 1 N–H and O–H groups in total. The summed E-state index contributed by atoms with van der Waals surface area (Å²) in [6, 6.07) is 0. The number of aromatic nitrogens is 1. The quantitative estimate of drug-likeness (QED) is 0.822. The summed E-state index contributed by atoms with van der Waals surface area (Å²) in [7, 11) is 0. The van der Waals surface area contributed by atoms with E-state index >= 15 is 0 Å². The van der Waals surface area contributed by atoms with Gasteiger partial charge in [0.15, 0.2) is 5.13 Å². The molecule has 1 aliphatic rings. The number of hydrogen-bond acceptors (Lipinski definition) is 3. The van der Waals surface area contributed by atoms with Crippen LogP contribution < -0.4 is 5.32 Å². The lowest BCUT2D eigenvalue weighted by atomic mass is 9.83. The highest BCUT2D eigenvalue weighted by atomic mass is 32.1. The Hall–Kier alpha value is -0.570. The van der Waals surface area contributed by atoms with Crippen molar-refractivity contribution in [3.05, 3.63) is 11.6 Å². The molecular weight excluding hydrogens is 192 g/mol. The molecule has 2 nitrogen and oxygen atoms in total. The number of nitrogens with one attached hydrogen (secondary N) is 1. The number of thiazole rings is 1. The summed E-state index contributed by atoms with van der Waals surface area (Å²) in [5.41, 5.74) is 0.561. The van der Waals surface area contributed by atoms with Gasteiger partial charge in [-0.1, -0.05) is 19.8 Å². The molecule has 14 heavy (non-hydrogen) atoms. The Labute approximate surface area is 89.8 Å². The summed E-state index contributed by atoms with van der Waals surface area (Å²) >= 11 is 1.69. The van der Waals surface area contributed by atoms with Gasteiger partial charge in [-0.15, -0.1) is 11.3 Å². The molecule has 0 amide bonds. The highest BCUT2D eigenvalue weighted by Crippen LogP contribution is 2.40. The summed E-state index contributed by atoms with van der Waals surface area (Å²) in [5.74, 6) is 0. The van der Waals surface area contributed by atoms with Crippen molar-refractivity contribution in [3.8, 4) is 0 Å². The minimum Gasteiger partial charge on any atom is -0.361 e. The first kappa shape index (κ1) is 9.97. The van der Waals surface area contributed by atoms with Crippen LogP contribution in [0.2, 0.25) is 0 Å². The van der Waals surface area contributed by atoms with Crippen molar-refractivity contribution in [1.82, 2.24) is 4.98 Å². The van der Waals surface area contributed by atoms with Crippen LogP contribution in [0.3, 0.4) is 0 Å². The molecule has 0 radical (unpaired) electrons. The van der Waals surface area contributed by atoms with Gasteiger partial charge in [-0.25, -0.2) is 4.98 Å². The van der Waals surface area contributed by atoms with E-state index < -0.39 is 0 Å². The predicted molar refractivity (Wildman–Crippen MR) is 61.8 cm³/mol. The molecule has 0 aromatic carbocycles. The van der Waals surface area contributed by atoms with Gasteiger partial charge < -0.3 is 5.32 Å². The first-order valence-corrected chi connectivity index (χ1v) is 6.36. The Morgan fingerprint density at radius 2 is 2.29 bits per heavy atom. The Morgan fingerprint density at radius 3 is 2.86 bits per heavy atom. The van der Waals surface area contributed by atoms with E-state index in [1.807, 2.05) is 11.6 Å². The van der Waals surface area contributed by atoms with E-state index in [1.54, 1.807) is 11.3 Å². The summed E-state index contributed by atoms with van der Waals surface area (Å²) in [5, 5.41) is 6.56. The van der Waals surface area contributed by atoms with Crippen LogP contribution in [0, 0.1) is 5.41 Å². The third-order valence-corrected chi connectivity index (χ3v) is 4.19. The molecule has 0 unspecified atom stereocenters. The molecule has 0 spiro atoms. The van der Waals surface area contributed by atoms with E-state index in [9.17, 15) is 0 Å². The Morgan fingerprint density at radius 1 is 1.50 bits per heavy atom. The van der Waals surface area contributed by atoms with E-state index in [-0.39, 0.29) is 0 Å². The lowest BCUT2D eigenvalue weighted by Crippen LogP contribution is -2.25. The first-order chi connectivity index (χ1) is 6.85. The van der Waals surface area contributed by atoms with Crippen LogP contribution in [-0.2, 0) is 0 Å². The molecule has 3 heteroatoms. The average Bonchev–Trinajstić information content (AvgIpc) is 2.87. The smallest absolute Gasteiger partial charge is 0.182 e. The lowest BCUT2D eigenvalue weighted by molar-refractivity contribution is 0.307. The zero-order valence-electron chi connectivity index (χ0n) is 8.75. The van der Waals surface area contributed by atoms with E-state index in [0.717, 1.165) is 11.7 Å². The predicted octanol–water partition coefficient (Wildman–Crippen LogP) is 3.53. The molecular formula is C11H18N2S. The van der Waals surface area contributed by atoms with Crippen molar-refractivity contribution in [2.75, 3.05) is 11.9 Å². The van der Waals surface area contributed by atoms with Gasteiger partial charge in [-0.2, -0.15) is 0 Å². The van der Waals surface area contributed by atoms with Crippen molar-refractivity contribution >= 4 is 16.5 Å². The molecule has 1 aliphatic carbocycles. The first-order valence-electron chi connectivity index (χ1n) is 5.48. The number of hydrogen-bond donors (Lipinski definition) is 1. The fraction of sp³-hybridized carbons (Fsp3) is 0.727. The maximum absolute atomic E-state index is 4.25. The lowest BCUT2D eigenvalue weighted by Gasteiger charge is -2.27. The van der Waals surface area contributed by atoms with Gasteiger partial charge in [0.25, 0.3) is 0 Å². The van der Waals surface area contributed by atoms with Crippen molar-refractivity contribution in [1.29, 1.82) is 0 Å². The highest BCUT2D eigenvalue weighted by Gasteiger charge is 2.31. The molecule has 2 rings (SSSR count). The molecule has 1 fully saturated rings. The second-order valence-electron chi connectivity index (χ2n) is 4.25. The van der Waals surface area contributed by atoms with Gasteiger partial charge in [0.1, 0.15) is 0 Å². The third kappa shape index (κ3) is 2.08. The second-order valence-corrected chi connectivity index (χ2v) is 5.15. The van der Waals surface area contributed by atoms with Crippen molar-refractivity contribution < 1.29 is 0 Å². The van der Waals surface area contributed by atoms with Gasteiger partial charge in [0.05, 0.1) is 0 Å². The Kier molecular flexibility index (Phi) is 3.06. The molecule has 0 bridgehead atoms. The molecule has 1 saturated carbocycles. The van der Waals surface area contributed by atoms with Crippen LogP contribution in [0.15, 0.2) is 11.6 Å². The fourth-order valence-electron chi connectivity index (χ4n) is 2.35. The normalized spacial score (nSPS) is 19.8. The Balaban J connectivity index is 1.89. The van der Waals surface area contributed by atoms with Crippen molar-refractivity contribution in [3.63, 3.8) is 0 Å². The number of rotatable bonds is 4. The maximum Gasteiger partial charge on any atom is 0.182 e. The summed E-state index contributed by atoms with van der Waals surface area (Å²) in [6.45, 7) is 3.42. The fourth-order valence-corrected chi connectivity index (χ4v) is 2.88. The maximum atomic E-state index is 4.25. The summed E-state index contributed by atoms with van der Waals surface area (Å²) in [6.07, 6.45) is 8.76. The topological polar surface area (TPSA) is 24.9 Å². The van der Waals surface area contributed by atoms with Gasteiger partial charge >= 0.3 is 0 Å². The second kappa shape index (κ2) is 4.30. The number of nitrogens with zero attached hydrogens (tertiary/aromatic N) is 1. The monoisotopic (exact) mass is 210 g/mol. The molecule has 1 heterocycles. The minimum atomic E-state index is 0.561. The summed E-state index contributed by atoms with van der Waals surface area (Å²) < 4.78 is 0. The van der Waals surface area contributed by atoms with Gasteiger partial charge in [-0.05, 0) is 24.7 Å². The van der Waals surface area contributed by atoms with E-state index in [2.05, 4.69) is 17.2 Å². The zero-order valence-corrected chi connectivity index (χ0v) is 9.57. The van der Waals surface area contributed by atoms with Crippen LogP contribution in [0.25, 0.3) is 0 Å². The molecule has 1 aromatic rings. The van der Waals surface area contributed by atoms with E-state index in [1.165, 1.54) is 32.1 Å². The van der Waals surface area contributed by atoms with Crippen LogP contribution in [0.1, 0.15) is 39.0 Å². The van der Waals surface area contributed by atoms with E-state index in [4.69, 9.17) is 0 Å². The SMILES string of the molecule is CCC1(CNc2nccs2)CCCC1. The van der Waals surface area contributed by atoms with Gasteiger partial charge in [-0.3, -0.25) is 0 Å². The largest absolute Gasteiger partial charge is 0.361 e. The van der Waals surface area contributed by atoms with Crippen LogP contribution in [-0.4, -0.2) is 11.5 Å². The molecule has 0 atom stereocenters. The average molecular weight is 210 g/mol. The van der Waals surface area contributed by atoms with Gasteiger partial charge in [0.2, 0.25) is 0 Å². The van der Waals surface area contributed by atoms with Crippen molar-refractivity contribution in [2.24, 2.45) is 5.41 Å². The summed E-state index contributed by atoms with van der Waals surface area (Å²) in [4.78, 5) is 4.25. The molecule has 0 saturated heterocycles. The standard InChI is InChI=1S/C11H18N2S/c1-2-11(5-3-4-6-11)9-13-10-12-7-8-14-10/h7-8H,2-6,9H2,1H3,(H,12,13). The third-order valence-electron chi connectivity index (χ3n) is 3.46. The van der Waals surface area contributed by atoms with Crippen molar-refractivity contribution in [2.45, 2.75) is 39.0 Å². The van der Waals surface area contributed by atoms with Crippen LogP contribution >= 0.6 is 11.3 Å². The molecule has 1 aromatic heterocycles. The highest BCUT2D eigenvalue weighted by molar-refractivity contribution is 7.13. The molecule has 78 valence electrons. The molecule has 0 aliphatic heterocycles. The van der Waals surface area contributed by atoms with Crippen LogP contribution in [0.5, 0.6) is 0 Å². The van der Waals surface area contributed by atoms with Crippen LogP contribution in [0.4, 0.5) is 5.13 Å². The Bertz CT molecular complexity index is 263.